The first kappa shape index (κ1) is 21.9. The number of benzene rings is 3. The Hall–Kier alpha value is -3.97. The lowest BCUT2D eigenvalue weighted by atomic mass is 10.1. The number of nitrogens with zero attached hydrogens (tertiary/aromatic N) is 2. The normalized spacial score (nSPS) is 11.0. The third kappa shape index (κ3) is 4.43. The van der Waals surface area contributed by atoms with E-state index in [1.54, 1.807) is 38.2 Å². The molecule has 34 heavy (non-hydrogen) atoms. The molecule has 0 saturated heterocycles. The van der Waals surface area contributed by atoms with E-state index in [4.69, 9.17) is 9.47 Å². The van der Waals surface area contributed by atoms with Crippen molar-refractivity contribution in [2.24, 2.45) is 0 Å². The van der Waals surface area contributed by atoms with E-state index in [0.29, 0.717) is 29.1 Å². The molecule has 2 aromatic heterocycles. The molecule has 0 aliphatic carbocycles. The average molecular weight is 470 g/mol. The van der Waals surface area contributed by atoms with Crippen molar-refractivity contribution in [2.45, 2.75) is 16.2 Å². The summed E-state index contributed by atoms with van der Waals surface area (Å²) in [4.78, 5) is 20.1. The van der Waals surface area contributed by atoms with Gasteiger partial charge in [-0.05, 0) is 47.5 Å². The summed E-state index contributed by atoms with van der Waals surface area (Å²) in [7, 11) is 3.21. The van der Waals surface area contributed by atoms with Crippen molar-refractivity contribution in [1.29, 1.82) is 0 Å². The average Bonchev–Trinajstić information content (AvgIpc) is 3.31. The molecule has 0 radical (unpaired) electrons. The van der Waals surface area contributed by atoms with Gasteiger partial charge in [0.1, 0.15) is 11.5 Å². The first-order valence-corrected chi connectivity index (χ1v) is 11.6. The van der Waals surface area contributed by atoms with Crippen LogP contribution in [0.1, 0.15) is 11.1 Å². The van der Waals surface area contributed by atoms with Gasteiger partial charge in [0.25, 0.3) is 5.56 Å². The van der Waals surface area contributed by atoms with Gasteiger partial charge in [-0.3, -0.25) is 9.89 Å². The summed E-state index contributed by atoms with van der Waals surface area (Å²) in [5.41, 5.74) is 3.83. The van der Waals surface area contributed by atoms with Gasteiger partial charge in [-0.2, -0.15) is 0 Å². The van der Waals surface area contributed by atoms with Crippen LogP contribution in [-0.4, -0.2) is 28.8 Å². The molecule has 0 aliphatic heterocycles. The van der Waals surface area contributed by atoms with Crippen molar-refractivity contribution in [3.05, 3.63) is 107 Å². The van der Waals surface area contributed by atoms with Crippen molar-refractivity contribution in [3.63, 3.8) is 0 Å². The van der Waals surface area contributed by atoms with Crippen LogP contribution in [0.2, 0.25) is 0 Å². The van der Waals surface area contributed by atoms with E-state index >= 15 is 0 Å². The number of methoxy groups -OCH3 is 2. The van der Waals surface area contributed by atoms with Crippen LogP contribution in [0.25, 0.3) is 16.8 Å². The Morgan fingerprint density at radius 2 is 1.59 bits per heavy atom. The van der Waals surface area contributed by atoms with E-state index in [0.717, 1.165) is 21.6 Å². The Bertz CT molecular complexity index is 1470. The Morgan fingerprint density at radius 3 is 2.26 bits per heavy atom. The monoisotopic (exact) mass is 469 g/mol. The molecule has 3 aromatic carbocycles. The second-order valence-corrected chi connectivity index (χ2v) is 8.92. The molecule has 6 nitrogen and oxygen atoms in total. The van der Waals surface area contributed by atoms with Crippen LogP contribution in [0.15, 0.2) is 99.8 Å². The summed E-state index contributed by atoms with van der Waals surface area (Å²) in [5, 5.41) is 3.07. The molecule has 0 unspecified atom stereocenters. The minimum Gasteiger partial charge on any atom is -0.497 e. The summed E-state index contributed by atoms with van der Waals surface area (Å²) >= 11 is 1.71. The predicted molar refractivity (Wildman–Crippen MR) is 134 cm³/mol. The van der Waals surface area contributed by atoms with Crippen molar-refractivity contribution in [3.8, 4) is 22.6 Å². The van der Waals surface area contributed by atoms with E-state index in [1.807, 2.05) is 36.5 Å². The highest BCUT2D eigenvalue weighted by Gasteiger charge is 2.13. The maximum Gasteiger partial charge on any atom is 0.276 e. The number of H-pyrrole nitrogens is 1. The predicted octanol–water partition coefficient (Wildman–Crippen LogP) is 5.45. The Labute approximate surface area is 201 Å². The maximum absolute atomic E-state index is 13.2. The first-order chi connectivity index (χ1) is 16.6. The van der Waals surface area contributed by atoms with E-state index < -0.39 is 0 Å². The largest absolute Gasteiger partial charge is 0.497 e. The fourth-order valence-electron chi connectivity index (χ4n) is 3.84. The molecule has 2 heterocycles. The number of rotatable bonds is 7. The molecule has 5 aromatic rings. The highest BCUT2D eigenvalue weighted by atomic mass is 32.2. The van der Waals surface area contributed by atoms with Crippen LogP contribution in [0, 0.1) is 0 Å². The van der Waals surface area contributed by atoms with E-state index in [2.05, 4.69) is 46.5 Å². The van der Waals surface area contributed by atoms with Gasteiger partial charge in [0.15, 0.2) is 5.65 Å². The molecular weight excluding hydrogens is 446 g/mol. The topological polar surface area (TPSA) is 68.6 Å². The zero-order chi connectivity index (χ0) is 23.5. The van der Waals surface area contributed by atoms with Crippen molar-refractivity contribution < 1.29 is 9.47 Å². The number of hydrogen-bond acceptors (Lipinski definition) is 5. The number of hydrogen-bond donors (Lipinski definition) is 1. The van der Waals surface area contributed by atoms with Crippen LogP contribution in [0.4, 0.5) is 0 Å². The Balaban J connectivity index is 1.42. The Kier molecular flexibility index (Phi) is 6.10. The number of aromatic amines is 1. The highest BCUT2D eigenvalue weighted by Crippen LogP contribution is 2.30. The van der Waals surface area contributed by atoms with Crippen molar-refractivity contribution >= 4 is 17.4 Å². The van der Waals surface area contributed by atoms with Crippen molar-refractivity contribution in [1.82, 2.24) is 14.6 Å². The molecule has 0 bridgehead atoms. The van der Waals surface area contributed by atoms with Gasteiger partial charge in [0.2, 0.25) is 0 Å². The fraction of sp³-hybridized carbons (Fsp3) is 0.111. The van der Waals surface area contributed by atoms with E-state index in [1.165, 1.54) is 9.41 Å². The number of aromatic nitrogens is 3. The standard InChI is InChI=1S/C27H23N3O3S/c1-32-21-13-18(14-22(15-21)33-2)12-20-16-28-26-25(17-29-30(26)27(20)31)19-8-10-24(11-9-19)34-23-6-4-3-5-7-23/h3-11,13-17,29H,12H2,1-2H3. The molecular formula is C27H23N3O3S. The summed E-state index contributed by atoms with van der Waals surface area (Å²) in [5.74, 6) is 1.36. The third-order valence-electron chi connectivity index (χ3n) is 5.56. The zero-order valence-corrected chi connectivity index (χ0v) is 19.6. The fourth-order valence-corrected chi connectivity index (χ4v) is 4.68. The van der Waals surface area contributed by atoms with E-state index in [9.17, 15) is 4.79 Å². The van der Waals surface area contributed by atoms with Crippen molar-refractivity contribution in [2.75, 3.05) is 14.2 Å². The van der Waals surface area contributed by atoms with Gasteiger partial charge >= 0.3 is 0 Å². The highest BCUT2D eigenvalue weighted by molar-refractivity contribution is 7.99. The summed E-state index contributed by atoms with van der Waals surface area (Å²) in [6, 6.07) is 24.1. The maximum atomic E-state index is 13.2. The van der Waals surface area contributed by atoms with Gasteiger partial charge in [0.05, 0.1) is 14.2 Å². The number of nitrogens with one attached hydrogen (secondary N) is 1. The van der Waals surface area contributed by atoms with Gasteiger partial charge in [0, 0.05) is 45.8 Å². The molecule has 0 atom stereocenters. The second-order valence-electron chi connectivity index (χ2n) is 7.77. The van der Waals surface area contributed by atoms with Gasteiger partial charge in [-0.25, -0.2) is 9.50 Å². The van der Waals surface area contributed by atoms with Gasteiger partial charge in [-0.15, -0.1) is 0 Å². The van der Waals surface area contributed by atoms with Crippen LogP contribution in [0.3, 0.4) is 0 Å². The molecule has 1 N–H and O–H groups in total. The number of fused-ring (bicyclic) bond motifs is 1. The summed E-state index contributed by atoms with van der Waals surface area (Å²) in [6.45, 7) is 0. The van der Waals surface area contributed by atoms with Crippen LogP contribution >= 0.6 is 11.8 Å². The number of ether oxygens (including phenoxy) is 2. The smallest absolute Gasteiger partial charge is 0.276 e. The lowest BCUT2D eigenvalue weighted by Gasteiger charge is -2.08. The summed E-state index contributed by atoms with van der Waals surface area (Å²) in [6.07, 6.45) is 3.89. The molecule has 0 saturated carbocycles. The first-order valence-electron chi connectivity index (χ1n) is 10.8. The second kappa shape index (κ2) is 9.49. The quantitative estimate of drug-likeness (QED) is 0.343. The lowest BCUT2D eigenvalue weighted by molar-refractivity contribution is 0.393. The molecule has 0 amide bonds. The molecule has 5 rings (SSSR count). The Morgan fingerprint density at radius 1 is 0.912 bits per heavy atom. The van der Waals surface area contributed by atoms with Crippen LogP contribution in [-0.2, 0) is 6.42 Å². The molecule has 7 heteroatoms. The molecule has 170 valence electrons. The van der Waals surface area contributed by atoms with Crippen LogP contribution < -0.4 is 15.0 Å². The molecule has 0 spiro atoms. The SMILES string of the molecule is COc1cc(Cc2cnc3c(-c4ccc(Sc5ccccc5)cc4)c[nH]n3c2=O)cc(OC)c1. The minimum atomic E-state index is -0.130. The summed E-state index contributed by atoms with van der Waals surface area (Å²) < 4.78 is 12.2. The zero-order valence-electron chi connectivity index (χ0n) is 18.8. The van der Waals surface area contributed by atoms with Crippen LogP contribution in [0.5, 0.6) is 11.5 Å². The minimum absolute atomic E-state index is 0.130. The molecule has 0 aliphatic rings. The van der Waals surface area contributed by atoms with Gasteiger partial charge in [-0.1, -0.05) is 42.1 Å². The van der Waals surface area contributed by atoms with E-state index in [-0.39, 0.29) is 5.56 Å². The third-order valence-corrected chi connectivity index (χ3v) is 6.58. The molecule has 0 fully saturated rings. The van der Waals surface area contributed by atoms with Gasteiger partial charge < -0.3 is 9.47 Å². The lowest BCUT2D eigenvalue weighted by Crippen LogP contribution is -2.19.